The van der Waals surface area contributed by atoms with Crippen molar-refractivity contribution in [3.05, 3.63) is 81.4 Å². The van der Waals surface area contributed by atoms with E-state index in [0.717, 1.165) is 27.5 Å². The minimum atomic E-state index is -1.11. The maximum atomic E-state index is 12.7. The van der Waals surface area contributed by atoms with E-state index in [1.54, 1.807) is 12.3 Å². The molecule has 182 valence electrons. The van der Waals surface area contributed by atoms with Gasteiger partial charge >= 0.3 is 11.6 Å². The second kappa shape index (κ2) is 9.41. The molecule has 0 aliphatic heterocycles. The molecule has 7 heteroatoms. The summed E-state index contributed by atoms with van der Waals surface area (Å²) in [6.07, 6.45) is 2.02. The first-order valence-corrected chi connectivity index (χ1v) is 11.6. The van der Waals surface area contributed by atoms with Crippen LogP contribution in [0.3, 0.4) is 0 Å². The Balaban J connectivity index is 1.56. The van der Waals surface area contributed by atoms with Gasteiger partial charge in [0, 0.05) is 40.8 Å². The molecule has 0 fully saturated rings. The van der Waals surface area contributed by atoms with Crippen molar-refractivity contribution in [1.82, 2.24) is 5.32 Å². The van der Waals surface area contributed by atoms with Gasteiger partial charge in [0.05, 0.1) is 6.26 Å². The molecular weight excluding hydrogens is 446 g/mol. The number of carbonyl (C=O) groups excluding carboxylic acids is 1. The maximum Gasteiger partial charge on any atom is 0.339 e. The smallest absolute Gasteiger partial charge is 0.339 e. The van der Waals surface area contributed by atoms with Crippen LogP contribution in [0, 0.1) is 6.92 Å². The fourth-order valence-electron chi connectivity index (χ4n) is 4.33. The Morgan fingerprint density at radius 2 is 1.77 bits per heavy atom. The van der Waals surface area contributed by atoms with E-state index < -0.39 is 23.5 Å². The Hall–Kier alpha value is -3.87. The highest BCUT2D eigenvalue weighted by Gasteiger charge is 2.23. The number of carbonyl (C=O) groups is 2. The SMILES string of the molecule is Cc1c(CCC(=O)NC(Cc2ccccc2)C(=O)O)c(=O)oc2cc3occ(C(C)(C)C)c3cc12. The molecule has 0 aliphatic carbocycles. The molecule has 2 heterocycles. The summed E-state index contributed by atoms with van der Waals surface area (Å²) in [5.41, 5.74) is 3.46. The van der Waals surface area contributed by atoms with Gasteiger partial charge in [0.1, 0.15) is 17.2 Å². The van der Waals surface area contributed by atoms with E-state index in [1.165, 1.54) is 0 Å². The van der Waals surface area contributed by atoms with Gasteiger partial charge < -0.3 is 19.3 Å². The second-order valence-electron chi connectivity index (χ2n) is 9.89. The number of fused-ring (bicyclic) bond motifs is 2. The molecule has 1 atom stereocenters. The Morgan fingerprint density at radius 3 is 2.43 bits per heavy atom. The lowest BCUT2D eigenvalue weighted by Gasteiger charge is -2.17. The zero-order valence-corrected chi connectivity index (χ0v) is 20.3. The summed E-state index contributed by atoms with van der Waals surface area (Å²) in [6, 6.07) is 11.8. The first-order chi connectivity index (χ1) is 16.5. The number of carboxylic acid groups (broad SMARTS) is 1. The molecule has 0 bridgehead atoms. The molecule has 0 spiro atoms. The minimum Gasteiger partial charge on any atom is -0.480 e. The van der Waals surface area contributed by atoms with Crippen LogP contribution in [0.1, 0.15) is 49.4 Å². The van der Waals surface area contributed by atoms with E-state index in [-0.39, 0.29) is 24.7 Å². The molecule has 7 nitrogen and oxygen atoms in total. The summed E-state index contributed by atoms with van der Waals surface area (Å²) >= 11 is 0. The number of hydrogen-bond donors (Lipinski definition) is 2. The van der Waals surface area contributed by atoms with Crippen LogP contribution in [0.2, 0.25) is 0 Å². The Labute approximate surface area is 202 Å². The maximum absolute atomic E-state index is 12.7. The van der Waals surface area contributed by atoms with Crippen molar-refractivity contribution in [2.24, 2.45) is 0 Å². The Bertz CT molecular complexity index is 1460. The number of aryl methyl sites for hydroxylation is 1. The van der Waals surface area contributed by atoms with Crippen LogP contribution < -0.4 is 10.9 Å². The van der Waals surface area contributed by atoms with Gasteiger partial charge in [-0.15, -0.1) is 0 Å². The lowest BCUT2D eigenvalue weighted by molar-refractivity contribution is -0.141. The van der Waals surface area contributed by atoms with Crippen molar-refractivity contribution in [1.29, 1.82) is 0 Å². The van der Waals surface area contributed by atoms with Gasteiger partial charge in [-0.1, -0.05) is 51.1 Å². The molecule has 4 rings (SSSR count). The lowest BCUT2D eigenvalue weighted by Crippen LogP contribution is -2.42. The monoisotopic (exact) mass is 475 g/mol. The first-order valence-electron chi connectivity index (χ1n) is 11.6. The van der Waals surface area contributed by atoms with Gasteiger partial charge in [0.25, 0.3) is 0 Å². The van der Waals surface area contributed by atoms with Crippen LogP contribution in [-0.2, 0) is 27.8 Å². The van der Waals surface area contributed by atoms with Crippen molar-refractivity contribution in [2.45, 2.75) is 58.4 Å². The molecule has 4 aromatic rings. The van der Waals surface area contributed by atoms with Crippen molar-refractivity contribution >= 4 is 33.8 Å². The molecule has 2 N–H and O–H groups in total. The summed E-state index contributed by atoms with van der Waals surface area (Å²) in [7, 11) is 0. The number of hydrogen-bond acceptors (Lipinski definition) is 5. The summed E-state index contributed by atoms with van der Waals surface area (Å²) in [5.74, 6) is -1.55. The van der Waals surface area contributed by atoms with E-state index in [4.69, 9.17) is 8.83 Å². The lowest BCUT2D eigenvalue weighted by atomic mass is 9.86. The minimum absolute atomic E-state index is 0.0309. The van der Waals surface area contributed by atoms with Crippen molar-refractivity contribution in [3.8, 4) is 0 Å². The summed E-state index contributed by atoms with van der Waals surface area (Å²) in [5, 5.41) is 13.8. The Morgan fingerprint density at radius 1 is 1.06 bits per heavy atom. The van der Waals surface area contributed by atoms with Gasteiger partial charge in [-0.3, -0.25) is 4.79 Å². The van der Waals surface area contributed by atoms with E-state index in [1.807, 2.05) is 43.3 Å². The second-order valence-corrected chi connectivity index (χ2v) is 9.89. The molecule has 1 amide bonds. The average molecular weight is 476 g/mol. The largest absolute Gasteiger partial charge is 0.480 e. The molecule has 2 aromatic heterocycles. The summed E-state index contributed by atoms with van der Waals surface area (Å²) in [4.78, 5) is 37.0. The van der Waals surface area contributed by atoms with E-state index in [2.05, 4.69) is 26.1 Å². The summed E-state index contributed by atoms with van der Waals surface area (Å²) < 4.78 is 11.3. The molecule has 2 aromatic carbocycles. The molecule has 35 heavy (non-hydrogen) atoms. The zero-order valence-electron chi connectivity index (χ0n) is 20.3. The fourth-order valence-corrected chi connectivity index (χ4v) is 4.33. The molecule has 0 saturated carbocycles. The third kappa shape index (κ3) is 5.14. The van der Waals surface area contributed by atoms with Crippen molar-refractivity contribution in [3.63, 3.8) is 0 Å². The van der Waals surface area contributed by atoms with E-state index in [9.17, 15) is 19.5 Å². The van der Waals surface area contributed by atoms with Crippen LogP contribution in [0.4, 0.5) is 0 Å². The van der Waals surface area contributed by atoms with Crippen molar-refractivity contribution in [2.75, 3.05) is 0 Å². The van der Waals surface area contributed by atoms with Crippen LogP contribution in [0.25, 0.3) is 21.9 Å². The predicted molar refractivity (Wildman–Crippen MR) is 134 cm³/mol. The predicted octanol–water partition coefficient (Wildman–Crippen LogP) is 4.89. The topological polar surface area (TPSA) is 110 Å². The van der Waals surface area contributed by atoms with Crippen LogP contribution in [0.15, 0.2) is 62.4 Å². The molecular formula is C28H29NO6. The van der Waals surface area contributed by atoms with Gasteiger partial charge in [-0.25, -0.2) is 9.59 Å². The molecule has 0 radical (unpaired) electrons. The average Bonchev–Trinajstić information content (AvgIpc) is 3.21. The third-order valence-electron chi connectivity index (χ3n) is 6.31. The van der Waals surface area contributed by atoms with E-state index in [0.29, 0.717) is 16.7 Å². The number of aliphatic carboxylic acids is 1. The van der Waals surface area contributed by atoms with Crippen LogP contribution in [-0.4, -0.2) is 23.0 Å². The fraction of sp³-hybridized carbons (Fsp3) is 0.321. The standard InChI is InChI=1S/C28H29NO6/c1-16-18(10-11-25(30)29-22(26(31)32)12-17-8-6-5-7-9-17)27(33)35-24-14-23-20(13-19(16)24)21(15-34-23)28(2,3)4/h5-9,13-15,22H,10-12H2,1-4H3,(H,29,30)(H,31,32). The number of furan rings is 1. The quantitative estimate of drug-likeness (QED) is 0.368. The molecule has 0 aliphatic rings. The normalized spacial score (nSPS) is 12.7. The first kappa shape index (κ1) is 24.3. The number of benzene rings is 2. The number of carboxylic acids is 1. The van der Waals surface area contributed by atoms with Gasteiger partial charge in [0.15, 0.2) is 0 Å². The molecule has 0 saturated heterocycles. The number of amides is 1. The van der Waals surface area contributed by atoms with Crippen molar-refractivity contribution < 1.29 is 23.5 Å². The van der Waals surface area contributed by atoms with Gasteiger partial charge in [0.2, 0.25) is 5.91 Å². The highest BCUT2D eigenvalue weighted by atomic mass is 16.4. The number of rotatable bonds is 7. The molecule has 1 unspecified atom stereocenters. The summed E-state index contributed by atoms with van der Waals surface area (Å²) in [6.45, 7) is 8.15. The van der Waals surface area contributed by atoms with E-state index >= 15 is 0 Å². The van der Waals surface area contributed by atoms with Gasteiger partial charge in [-0.05, 0) is 36.0 Å². The van der Waals surface area contributed by atoms with Crippen LogP contribution >= 0.6 is 0 Å². The number of nitrogens with one attached hydrogen (secondary N) is 1. The zero-order chi connectivity index (χ0) is 25.3. The van der Waals surface area contributed by atoms with Crippen LogP contribution in [0.5, 0.6) is 0 Å². The third-order valence-corrected chi connectivity index (χ3v) is 6.31. The Kier molecular flexibility index (Phi) is 6.52. The highest BCUT2D eigenvalue weighted by molar-refractivity contribution is 5.97. The highest BCUT2D eigenvalue weighted by Crippen LogP contribution is 2.35. The van der Waals surface area contributed by atoms with Gasteiger partial charge in [-0.2, -0.15) is 0 Å².